The van der Waals surface area contributed by atoms with Crippen molar-refractivity contribution in [3.05, 3.63) is 33.8 Å². The van der Waals surface area contributed by atoms with Crippen LogP contribution in [0, 0.1) is 0 Å². The lowest BCUT2D eigenvalue weighted by molar-refractivity contribution is -0.139. The van der Waals surface area contributed by atoms with Crippen LogP contribution in [0.25, 0.3) is 0 Å². The van der Waals surface area contributed by atoms with Gasteiger partial charge in [0.15, 0.2) is 0 Å². The van der Waals surface area contributed by atoms with Gasteiger partial charge in [0.1, 0.15) is 0 Å². The number of rotatable bonds is 5. The molecule has 0 amide bonds. The van der Waals surface area contributed by atoms with E-state index in [-0.39, 0.29) is 12.8 Å². The molecule has 17 heavy (non-hydrogen) atoms. The zero-order valence-electron chi connectivity index (χ0n) is 8.69. The maximum Gasteiger partial charge on any atom is 0.303 e. The normalized spacial score (nSPS) is 10.5. The van der Waals surface area contributed by atoms with Crippen LogP contribution in [-0.4, -0.2) is 22.2 Å². The third-order valence-corrected chi connectivity index (χ3v) is 2.63. The lowest BCUT2D eigenvalue weighted by Gasteiger charge is -2.13. The monoisotopic (exact) mass is 276 g/mol. The van der Waals surface area contributed by atoms with Gasteiger partial charge in [-0.25, -0.2) is 0 Å². The zero-order chi connectivity index (χ0) is 13.0. The molecule has 0 aliphatic carbocycles. The number of carboxylic acid groups (broad SMARTS) is 2. The second-order valence-electron chi connectivity index (χ2n) is 3.60. The van der Waals surface area contributed by atoms with E-state index < -0.39 is 17.9 Å². The number of carboxylic acids is 2. The van der Waals surface area contributed by atoms with Crippen LogP contribution in [0.1, 0.15) is 24.3 Å². The van der Waals surface area contributed by atoms with Crippen LogP contribution in [0.15, 0.2) is 18.2 Å². The molecule has 0 atom stereocenters. The highest BCUT2D eigenvalue weighted by Crippen LogP contribution is 2.29. The number of hydrogen-bond donors (Lipinski definition) is 2. The average molecular weight is 277 g/mol. The van der Waals surface area contributed by atoms with Gasteiger partial charge in [-0.05, 0) is 23.8 Å². The molecule has 0 unspecified atom stereocenters. The molecule has 2 N–H and O–H groups in total. The predicted molar refractivity (Wildman–Crippen MR) is 63.7 cm³/mol. The smallest absolute Gasteiger partial charge is 0.303 e. The topological polar surface area (TPSA) is 74.6 Å². The maximum atomic E-state index is 10.7. The van der Waals surface area contributed by atoms with Crippen molar-refractivity contribution in [1.82, 2.24) is 0 Å². The van der Waals surface area contributed by atoms with Gasteiger partial charge in [-0.3, -0.25) is 9.59 Å². The molecule has 1 rings (SSSR count). The van der Waals surface area contributed by atoms with E-state index in [0.717, 1.165) is 0 Å². The summed E-state index contributed by atoms with van der Waals surface area (Å²) in [5.41, 5.74) is 0.521. The molecule has 6 heteroatoms. The van der Waals surface area contributed by atoms with Gasteiger partial charge in [0.25, 0.3) is 0 Å². The van der Waals surface area contributed by atoms with Crippen molar-refractivity contribution in [2.75, 3.05) is 0 Å². The lowest BCUT2D eigenvalue weighted by Crippen LogP contribution is -2.11. The highest BCUT2D eigenvalue weighted by molar-refractivity contribution is 6.34. The number of carbonyl (C=O) groups is 2. The first-order valence-electron chi connectivity index (χ1n) is 4.78. The minimum Gasteiger partial charge on any atom is -0.481 e. The third-order valence-electron chi connectivity index (χ3n) is 2.20. The van der Waals surface area contributed by atoms with Crippen LogP contribution in [0.2, 0.25) is 10.0 Å². The molecule has 0 aromatic heterocycles. The van der Waals surface area contributed by atoms with E-state index in [1.807, 2.05) is 0 Å². The molecule has 0 spiro atoms. The van der Waals surface area contributed by atoms with Gasteiger partial charge in [0, 0.05) is 16.0 Å². The van der Waals surface area contributed by atoms with E-state index in [1.165, 1.54) is 18.2 Å². The standard InChI is InChI=1S/C11H10Cl2O4/c12-8-1-6(2-9(13)5-8)7(3-10(14)15)4-11(16)17/h1-2,5,7H,3-4H2,(H,14,15)(H,16,17). The molecule has 1 aromatic carbocycles. The quantitative estimate of drug-likeness (QED) is 0.867. The van der Waals surface area contributed by atoms with Crippen molar-refractivity contribution >= 4 is 35.1 Å². The molecule has 4 nitrogen and oxygen atoms in total. The molecule has 0 aliphatic rings. The Morgan fingerprint density at radius 1 is 1.00 bits per heavy atom. The number of benzene rings is 1. The van der Waals surface area contributed by atoms with E-state index in [4.69, 9.17) is 33.4 Å². The minimum atomic E-state index is -1.06. The second-order valence-corrected chi connectivity index (χ2v) is 4.47. The fraction of sp³-hybridized carbons (Fsp3) is 0.273. The van der Waals surface area contributed by atoms with Crippen LogP contribution in [-0.2, 0) is 9.59 Å². The Labute approximate surface area is 108 Å². The molecule has 92 valence electrons. The Balaban J connectivity index is 3.02. The SMILES string of the molecule is O=C(O)CC(CC(=O)O)c1cc(Cl)cc(Cl)c1. The molecule has 0 saturated carbocycles. The van der Waals surface area contributed by atoms with E-state index in [0.29, 0.717) is 15.6 Å². The molecule has 0 heterocycles. The Hall–Kier alpha value is -1.26. The molecule has 1 aromatic rings. The van der Waals surface area contributed by atoms with Gasteiger partial charge in [-0.2, -0.15) is 0 Å². The summed E-state index contributed by atoms with van der Waals surface area (Å²) in [6.07, 6.45) is -0.550. The summed E-state index contributed by atoms with van der Waals surface area (Å²) >= 11 is 11.6. The highest BCUT2D eigenvalue weighted by atomic mass is 35.5. The highest BCUT2D eigenvalue weighted by Gasteiger charge is 2.19. The fourth-order valence-corrected chi connectivity index (χ4v) is 2.08. The first-order valence-corrected chi connectivity index (χ1v) is 5.53. The fourth-order valence-electron chi connectivity index (χ4n) is 1.54. The summed E-state index contributed by atoms with van der Waals surface area (Å²) in [6.45, 7) is 0. The van der Waals surface area contributed by atoms with Crippen LogP contribution in [0.4, 0.5) is 0 Å². The molecule has 0 saturated heterocycles. The Morgan fingerprint density at radius 3 is 1.76 bits per heavy atom. The first-order chi connectivity index (χ1) is 7.88. The first kappa shape index (κ1) is 13.8. The minimum absolute atomic E-state index is 0.275. The second kappa shape index (κ2) is 5.89. The predicted octanol–water partition coefficient (Wildman–Crippen LogP) is 3.03. The third kappa shape index (κ3) is 4.63. The van der Waals surface area contributed by atoms with Crippen molar-refractivity contribution in [3.63, 3.8) is 0 Å². The maximum absolute atomic E-state index is 10.7. The van der Waals surface area contributed by atoms with E-state index >= 15 is 0 Å². The van der Waals surface area contributed by atoms with Crippen molar-refractivity contribution in [2.24, 2.45) is 0 Å². The average Bonchev–Trinajstić information content (AvgIpc) is 2.13. The van der Waals surface area contributed by atoms with Crippen LogP contribution < -0.4 is 0 Å². The molecule has 0 aliphatic heterocycles. The summed E-state index contributed by atoms with van der Waals surface area (Å²) < 4.78 is 0. The molecule has 0 radical (unpaired) electrons. The van der Waals surface area contributed by atoms with E-state index in [9.17, 15) is 9.59 Å². The Morgan fingerprint density at radius 2 is 1.41 bits per heavy atom. The summed E-state index contributed by atoms with van der Waals surface area (Å²) in [5.74, 6) is -2.76. The van der Waals surface area contributed by atoms with Crippen molar-refractivity contribution < 1.29 is 19.8 Å². The van der Waals surface area contributed by atoms with Crippen LogP contribution in [0.5, 0.6) is 0 Å². The summed E-state index contributed by atoms with van der Waals surface area (Å²) in [6, 6.07) is 4.57. The largest absolute Gasteiger partial charge is 0.481 e. The number of aliphatic carboxylic acids is 2. The van der Waals surface area contributed by atoms with Crippen LogP contribution >= 0.6 is 23.2 Å². The van der Waals surface area contributed by atoms with Gasteiger partial charge in [0.2, 0.25) is 0 Å². The van der Waals surface area contributed by atoms with Crippen LogP contribution in [0.3, 0.4) is 0 Å². The number of hydrogen-bond acceptors (Lipinski definition) is 2. The van der Waals surface area contributed by atoms with E-state index in [1.54, 1.807) is 0 Å². The number of halogens is 2. The lowest BCUT2D eigenvalue weighted by atomic mass is 9.92. The summed E-state index contributed by atoms with van der Waals surface area (Å²) in [7, 11) is 0. The van der Waals surface area contributed by atoms with Gasteiger partial charge in [-0.15, -0.1) is 0 Å². The molecular weight excluding hydrogens is 267 g/mol. The van der Waals surface area contributed by atoms with Gasteiger partial charge >= 0.3 is 11.9 Å². The van der Waals surface area contributed by atoms with Crippen molar-refractivity contribution in [3.8, 4) is 0 Å². The van der Waals surface area contributed by atoms with E-state index in [2.05, 4.69) is 0 Å². The van der Waals surface area contributed by atoms with Gasteiger partial charge in [-0.1, -0.05) is 23.2 Å². The summed E-state index contributed by atoms with van der Waals surface area (Å²) in [4.78, 5) is 21.4. The molecular formula is C11H10Cl2O4. The van der Waals surface area contributed by atoms with Gasteiger partial charge < -0.3 is 10.2 Å². The molecule has 0 fully saturated rings. The summed E-state index contributed by atoms with van der Waals surface area (Å²) in [5, 5.41) is 18.2. The van der Waals surface area contributed by atoms with Gasteiger partial charge in [0.05, 0.1) is 12.8 Å². The zero-order valence-corrected chi connectivity index (χ0v) is 10.2. The Kier molecular flexibility index (Phi) is 4.78. The molecule has 0 bridgehead atoms. The Bertz CT molecular complexity index is 409. The van der Waals surface area contributed by atoms with Crippen molar-refractivity contribution in [1.29, 1.82) is 0 Å². The van der Waals surface area contributed by atoms with Crippen molar-refractivity contribution in [2.45, 2.75) is 18.8 Å².